The van der Waals surface area contributed by atoms with Crippen molar-refractivity contribution in [2.75, 3.05) is 5.32 Å². The maximum Gasteiger partial charge on any atom is 0.200 e. The number of hydrogen-bond donors (Lipinski definition) is 1. The molecule has 0 amide bonds. The molecule has 5 rings (SSSR count). The monoisotopic (exact) mass is 500 g/mol. The summed E-state index contributed by atoms with van der Waals surface area (Å²) < 4.78 is 7.27. The third-order valence-corrected chi connectivity index (χ3v) is 6.35. The smallest absolute Gasteiger partial charge is 0.200 e. The van der Waals surface area contributed by atoms with Crippen LogP contribution in [0.4, 0.5) is 5.82 Å². The fourth-order valence-electron chi connectivity index (χ4n) is 4.25. The van der Waals surface area contributed by atoms with Crippen molar-refractivity contribution in [3.8, 4) is 11.1 Å². The number of rotatable bonds is 8. The third-order valence-electron chi connectivity index (χ3n) is 6.11. The second kappa shape index (κ2) is 9.91. The van der Waals surface area contributed by atoms with Gasteiger partial charge in [0.2, 0.25) is 5.78 Å². The topological polar surface area (TPSA) is 98.7 Å². The van der Waals surface area contributed by atoms with Crippen LogP contribution < -0.4 is 5.32 Å². The number of fused-ring (bicyclic) bond motifs is 1. The summed E-state index contributed by atoms with van der Waals surface area (Å²) in [5.41, 5.74) is 4.37. The number of ketones is 1. The molecule has 36 heavy (non-hydrogen) atoms. The predicted octanol–water partition coefficient (Wildman–Crippen LogP) is 5.72. The zero-order chi connectivity index (χ0) is 25.2. The van der Waals surface area contributed by atoms with Crippen LogP contribution in [0.5, 0.6) is 0 Å². The maximum atomic E-state index is 13.1. The van der Waals surface area contributed by atoms with Gasteiger partial charge < -0.3 is 14.4 Å². The van der Waals surface area contributed by atoms with Gasteiger partial charge in [0.1, 0.15) is 17.4 Å². The fraction of sp³-hybridized carbons (Fsp3) is 0.222. The van der Waals surface area contributed by atoms with Gasteiger partial charge in [-0.15, -0.1) is 0 Å². The molecule has 0 aliphatic rings. The summed E-state index contributed by atoms with van der Waals surface area (Å²) in [6.45, 7) is 4.29. The zero-order valence-corrected chi connectivity index (χ0v) is 21.0. The van der Waals surface area contributed by atoms with E-state index in [-0.39, 0.29) is 18.0 Å². The number of anilines is 1. The molecule has 8 nitrogen and oxygen atoms in total. The largest absolute Gasteiger partial charge is 0.365 e. The molecule has 0 saturated heterocycles. The molecule has 0 radical (unpaired) electrons. The van der Waals surface area contributed by atoms with Crippen molar-refractivity contribution in [3.63, 3.8) is 0 Å². The minimum Gasteiger partial charge on any atom is -0.365 e. The van der Waals surface area contributed by atoms with Crippen molar-refractivity contribution >= 4 is 34.1 Å². The highest BCUT2D eigenvalue weighted by Crippen LogP contribution is 2.32. The molecule has 3 heterocycles. The first-order chi connectivity index (χ1) is 17.4. The molecule has 0 spiro atoms. The van der Waals surface area contributed by atoms with Crippen LogP contribution in [-0.2, 0) is 20.0 Å². The summed E-state index contributed by atoms with van der Waals surface area (Å²) in [6.07, 6.45) is 4.36. The van der Waals surface area contributed by atoms with Crippen LogP contribution in [0, 0.1) is 13.8 Å². The van der Waals surface area contributed by atoms with Crippen LogP contribution >= 0.6 is 11.6 Å². The minimum absolute atomic E-state index is 0.138. The number of Topliss-reactive ketones (excluding diaryl/α,β-unsaturated/α-hetero) is 1. The SMILES string of the molecule is Cc1noc(C)c1-c1ccc2nc(C(=O)CCc3nccn3C)nc(NCc3cccc(Cl)c3)c2c1. The van der Waals surface area contributed by atoms with E-state index in [1.807, 2.05) is 74.1 Å². The molecular weight excluding hydrogens is 476 g/mol. The Balaban J connectivity index is 1.52. The lowest BCUT2D eigenvalue weighted by atomic mass is 10.0. The van der Waals surface area contributed by atoms with Crippen molar-refractivity contribution < 1.29 is 9.32 Å². The van der Waals surface area contributed by atoms with Gasteiger partial charge in [0.25, 0.3) is 0 Å². The lowest BCUT2D eigenvalue weighted by molar-refractivity contribution is 0.0972. The highest BCUT2D eigenvalue weighted by atomic mass is 35.5. The Morgan fingerprint density at radius 1 is 1.14 bits per heavy atom. The average Bonchev–Trinajstić information content (AvgIpc) is 3.44. The summed E-state index contributed by atoms with van der Waals surface area (Å²) >= 11 is 6.16. The second-order valence-corrected chi connectivity index (χ2v) is 9.12. The highest BCUT2D eigenvalue weighted by molar-refractivity contribution is 6.30. The lowest BCUT2D eigenvalue weighted by Crippen LogP contribution is -2.12. The van der Waals surface area contributed by atoms with E-state index >= 15 is 0 Å². The Morgan fingerprint density at radius 3 is 2.72 bits per heavy atom. The number of hydrogen-bond acceptors (Lipinski definition) is 7. The summed E-state index contributed by atoms with van der Waals surface area (Å²) in [7, 11) is 1.91. The van der Waals surface area contributed by atoms with Crippen molar-refractivity contribution in [1.82, 2.24) is 24.7 Å². The van der Waals surface area contributed by atoms with E-state index in [1.54, 1.807) is 6.20 Å². The van der Waals surface area contributed by atoms with Gasteiger partial charge >= 0.3 is 0 Å². The van der Waals surface area contributed by atoms with E-state index in [9.17, 15) is 4.79 Å². The molecule has 0 atom stereocenters. The van der Waals surface area contributed by atoms with Crippen molar-refractivity contribution in [1.29, 1.82) is 0 Å². The van der Waals surface area contributed by atoms with Crippen LogP contribution in [0.3, 0.4) is 0 Å². The summed E-state index contributed by atoms with van der Waals surface area (Å²) in [4.78, 5) is 26.6. The van der Waals surface area contributed by atoms with Gasteiger partial charge in [-0.1, -0.05) is 35.0 Å². The molecular formula is C27H25ClN6O2. The van der Waals surface area contributed by atoms with E-state index < -0.39 is 0 Å². The standard InChI is InChI=1S/C27H25ClN6O2/c1-16-25(17(2)36-33-16)19-7-8-22-21(14-19)26(30-15-18-5-4-6-20(28)13-18)32-27(31-22)23(35)9-10-24-29-11-12-34(24)3/h4-8,11-14H,9-10,15H2,1-3H3,(H,30,31,32). The first-order valence-electron chi connectivity index (χ1n) is 11.6. The quantitative estimate of drug-likeness (QED) is 0.272. The normalized spacial score (nSPS) is 11.2. The first kappa shape index (κ1) is 23.7. The van der Waals surface area contributed by atoms with E-state index in [0.717, 1.165) is 39.4 Å². The fourth-order valence-corrected chi connectivity index (χ4v) is 4.46. The van der Waals surface area contributed by atoms with Gasteiger partial charge in [0.05, 0.1) is 11.2 Å². The number of carbonyl (C=O) groups excluding carboxylic acids is 1. The minimum atomic E-state index is -0.138. The van der Waals surface area contributed by atoms with Crippen LogP contribution in [0.15, 0.2) is 59.4 Å². The van der Waals surface area contributed by atoms with Gasteiger partial charge in [-0.05, 0) is 49.2 Å². The molecule has 1 N–H and O–H groups in total. The second-order valence-electron chi connectivity index (χ2n) is 8.69. The number of nitrogens with one attached hydrogen (secondary N) is 1. The van der Waals surface area contributed by atoms with Crippen molar-refractivity contribution in [2.24, 2.45) is 7.05 Å². The zero-order valence-electron chi connectivity index (χ0n) is 20.2. The van der Waals surface area contributed by atoms with Gasteiger partial charge in [-0.2, -0.15) is 0 Å². The number of aryl methyl sites for hydroxylation is 4. The van der Waals surface area contributed by atoms with Crippen LogP contribution in [-0.4, -0.2) is 30.5 Å². The van der Waals surface area contributed by atoms with Gasteiger partial charge in [0.15, 0.2) is 5.82 Å². The van der Waals surface area contributed by atoms with Crippen molar-refractivity contribution in [2.45, 2.75) is 33.2 Å². The number of halogens is 1. The molecule has 0 saturated carbocycles. The predicted molar refractivity (Wildman–Crippen MR) is 139 cm³/mol. The molecule has 3 aromatic heterocycles. The Kier molecular flexibility index (Phi) is 6.52. The summed E-state index contributed by atoms with van der Waals surface area (Å²) in [5, 5.41) is 8.93. The molecule has 182 valence electrons. The van der Waals surface area contributed by atoms with E-state index in [0.29, 0.717) is 29.3 Å². The number of imidazole rings is 1. The van der Waals surface area contributed by atoms with Crippen LogP contribution in [0.2, 0.25) is 5.02 Å². The number of benzene rings is 2. The molecule has 2 aromatic carbocycles. The number of nitrogens with zero attached hydrogens (tertiary/aromatic N) is 5. The summed E-state index contributed by atoms with van der Waals surface area (Å²) in [6, 6.07) is 13.5. The van der Waals surface area contributed by atoms with Crippen LogP contribution in [0.1, 0.15) is 39.9 Å². The van der Waals surface area contributed by atoms with E-state index in [1.165, 1.54) is 0 Å². The van der Waals surface area contributed by atoms with Gasteiger partial charge in [0, 0.05) is 54.8 Å². The molecule has 0 aliphatic heterocycles. The first-order valence-corrected chi connectivity index (χ1v) is 12.0. The van der Waals surface area contributed by atoms with Gasteiger partial charge in [-0.3, -0.25) is 4.79 Å². The van der Waals surface area contributed by atoms with Crippen LogP contribution in [0.25, 0.3) is 22.0 Å². The summed E-state index contributed by atoms with van der Waals surface area (Å²) in [5.74, 6) is 2.19. The van der Waals surface area contributed by atoms with E-state index in [4.69, 9.17) is 16.1 Å². The van der Waals surface area contributed by atoms with Crippen molar-refractivity contribution in [3.05, 3.63) is 88.5 Å². The molecule has 9 heteroatoms. The Hall–Kier alpha value is -4.04. The molecule has 0 unspecified atom stereocenters. The molecule has 0 aliphatic carbocycles. The molecule has 0 bridgehead atoms. The number of carbonyl (C=O) groups is 1. The molecule has 0 fully saturated rings. The lowest BCUT2D eigenvalue weighted by Gasteiger charge is -2.12. The maximum absolute atomic E-state index is 13.1. The average molecular weight is 501 g/mol. The Morgan fingerprint density at radius 2 is 2.00 bits per heavy atom. The third kappa shape index (κ3) is 4.85. The van der Waals surface area contributed by atoms with Gasteiger partial charge in [-0.25, -0.2) is 15.0 Å². The highest BCUT2D eigenvalue weighted by Gasteiger charge is 2.18. The molecule has 5 aromatic rings. The Labute approximate surface area is 213 Å². The van der Waals surface area contributed by atoms with E-state index in [2.05, 4.69) is 25.4 Å². The number of aromatic nitrogens is 5. The Bertz CT molecular complexity index is 1550.